The molecule has 196 valence electrons. The van der Waals surface area contributed by atoms with Crippen LogP contribution in [0, 0.1) is 12.8 Å². The van der Waals surface area contributed by atoms with Gasteiger partial charge in [0.1, 0.15) is 5.75 Å². The molecule has 6 rings (SSSR count). The van der Waals surface area contributed by atoms with Crippen molar-refractivity contribution in [3.05, 3.63) is 66.5 Å². The monoisotopic (exact) mass is 510 g/mol. The fraction of sp³-hybridized carbons (Fsp3) is 0.367. The molecule has 1 saturated carbocycles. The molecule has 2 aromatic carbocycles. The maximum atomic E-state index is 10.4. The Labute approximate surface area is 222 Å². The molecule has 0 spiro atoms. The highest BCUT2D eigenvalue weighted by Gasteiger charge is 2.29. The first kappa shape index (κ1) is 24.6. The Morgan fingerprint density at radius 3 is 2.79 bits per heavy atom. The van der Waals surface area contributed by atoms with E-state index in [9.17, 15) is 5.11 Å². The van der Waals surface area contributed by atoms with Gasteiger partial charge in [-0.1, -0.05) is 24.3 Å². The van der Waals surface area contributed by atoms with Crippen LogP contribution in [0.4, 0.5) is 11.6 Å². The van der Waals surface area contributed by atoms with Crippen molar-refractivity contribution in [2.24, 2.45) is 5.92 Å². The molecule has 38 heavy (non-hydrogen) atoms. The normalized spacial score (nSPS) is 18.2. The largest absolute Gasteiger partial charge is 0.437 e. The van der Waals surface area contributed by atoms with Gasteiger partial charge in [-0.2, -0.15) is 0 Å². The van der Waals surface area contributed by atoms with Gasteiger partial charge in [0.25, 0.3) is 0 Å². The fourth-order valence-corrected chi connectivity index (χ4v) is 5.09. The first-order valence-electron chi connectivity index (χ1n) is 13.5. The molecule has 2 aromatic heterocycles. The summed E-state index contributed by atoms with van der Waals surface area (Å²) in [5.74, 6) is 2.29. The quantitative estimate of drug-likeness (QED) is 0.245. The molecular weight excluding hydrogens is 476 g/mol. The summed E-state index contributed by atoms with van der Waals surface area (Å²) in [6, 6.07) is 16.4. The van der Waals surface area contributed by atoms with Gasteiger partial charge in [-0.05, 0) is 74.9 Å². The van der Waals surface area contributed by atoms with Crippen LogP contribution in [0.2, 0.25) is 0 Å². The lowest BCUT2D eigenvalue weighted by atomic mass is 10.0. The predicted molar refractivity (Wildman–Crippen MR) is 151 cm³/mol. The van der Waals surface area contributed by atoms with E-state index in [4.69, 9.17) is 9.72 Å². The molecular formula is C30H34N6O2. The maximum Gasteiger partial charge on any atom is 0.228 e. The highest BCUT2D eigenvalue weighted by atomic mass is 16.5. The lowest BCUT2D eigenvalue weighted by Gasteiger charge is -2.23. The fourth-order valence-electron chi connectivity index (χ4n) is 5.09. The minimum atomic E-state index is -0.316. The minimum absolute atomic E-state index is 0.315. The van der Waals surface area contributed by atoms with Crippen LogP contribution in [0.25, 0.3) is 22.0 Å². The van der Waals surface area contributed by atoms with Crippen molar-refractivity contribution in [3.63, 3.8) is 0 Å². The van der Waals surface area contributed by atoms with Crippen molar-refractivity contribution in [1.29, 1.82) is 0 Å². The van der Waals surface area contributed by atoms with Crippen molar-refractivity contribution in [2.75, 3.05) is 30.3 Å². The zero-order valence-electron chi connectivity index (χ0n) is 21.7. The number of hydrogen-bond donors (Lipinski definition) is 4. The van der Waals surface area contributed by atoms with Crippen molar-refractivity contribution in [2.45, 2.75) is 44.8 Å². The predicted octanol–water partition coefficient (Wildman–Crippen LogP) is 5.14. The second-order valence-corrected chi connectivity index (χ2v) is 10.3. The van der Waals surface area contributed by atoms with Gasteiger partial charge in [0.15, 0.2) is 0 Å². The SMILES string of the molecule is Cc1ccc2c(NC[C@H](O)C3CC3)cccc2c1Oc1ncccc1-c1ccnc(NC2CCCNC2)n1. The molecule has 4 aromatic rings. The minimum Gasteiger partial charge on any atom is -0.437 e. The lowest BCUT2D eigenvalue weighted by molar-refractivity contribution is 0.164. The number of aromatic nitrogens is 3. The highest BCUT2D eigenvalue weighted by molar-refractivity contribution is 5.98. The first-order valence-corrected chi connectivity index (χ1v) is 13.5. The number of hydrogen-bond acceptors (Lipinski definition) is 8. The van der Waals surface area contributed by atoms with Gasteiger partial charge >= 0.3 is 0 Å². The second kappa shape index (κ2) is 10.9. The standard InChI is InChI=1S/C30H34N6O2/c1-19-9-12-22-23(6-2-8-25(22)34-18-27(37)20-10-11-20)28(19)38-29-24(7-4-15-32-29)26-13-16-33-30(36-26)35-21-5-3-14-31-17-21/h2,4,6-9,12-13,15-16,20-21,27,31,34,37H,3,5,10-11,14,17-18H2,1H3,(H,33,35,36)/t21?,27-/m0/s1. The first-order chi connectivity index (χ1) is 18.7. The van der Waals surface area contributed by atoms with Gasteiger partial charge in [-0.25, -0.2) is 15.0 Å². The number of pyridine rings is 1. The number of ether oxygens (including phenoxy) is 1. The van der Waals surface area contributed by atoms with Crippen LogP contribution in [0.1, 0.15) is 31.2 Å². The van der Waals surface area contributed by atoms with E-state index in [1.165, 1.54) is 0 Å². The Kier molecular flexibility index (Phi) is 7.07. The maximum absolute atomic E-state index is 10.4. The van der Waals surface area contributed by atoms with E-state index in [0.717, 1.165) is 77.8 Å². The lowest BCUT2D eigenvalue weighted by Crippen LogP contribution is -2.38. The van der Waals surface area contributed by atoms with E-state index in [1.54, 1.807) is 12.4 Å². The molecule has 2 fully saturated rings. The van der Waals surface area contributed by atoms with Crippen LogP contribution < -0.4 is 20.7 Å². The number of fused-ring (bicyclic) bond motifs is 1. The molecule has 1 unspecified atom stereocenters. The molecule has 1 aliphatic carbocycles. The molecule has 8 heteroatoms. The average molecular weight is 511 g/mol. The molecule has 3 heterocycles. The van der Waals surface area contributed by atoms with E-state index in [-0.39, 0.29) is 6.10 Å². The number of piperidine rings is 1. The molecule has 2 aliphatic rings. The van der Waals surface area contributed by atoms with Crippen molar-refractivity contribution < 1.29 is 9.84 Å². The zero-order chi connectivity index (χ0) is 25.9. The van der Waals surface area contributed by atoms with E-state index >= 15 is 0 Å². The topological polar surface area (TPSA) is 104 Å². The zero-order valence-corrected chi connectivity index (χ0v) is 21.7. The second-order valence-electron chi connectivity index (χ2n) is 10.3. The van der Waals surface area contributed by atoms with Gasteiger partial charge in [0, 0.05) is 48.0 Å². The third-order valence-corrected chi connectivity index (χ3v) is 7.41. The Balaban J connectivity index is 1.29. The molecule has 0 radical (unpaired) electrons. The number of nitrogens with one attached hydrogen (secondary N) is 3. The number of anilines is 2. The number of aliphatic hydroxyl groups is 1. The molecule has 4 N–H and O–H groups in total. The third-order valence-electron chi connectivity index (χ3n) is 7.41. The van der Waals surface area contributed by atoms with Crippen LogP contribution >= 0.6 is 0 Å². The molecule has 0 bridgehead atoms. The number of aliphatic hydroxyl groups excluding tert-OH is 1. The summed E-state index contributed by atoms with van der Waals surface area (Å²) in [5, 5.41) is 22.7. The summed E-state index contributed by atoms with van der Waals surface area (Å²) >= 11 is 0. The van der Waals surface area contributed by atoms with Crippen molar-refractivity contribution in [1.82, 2.24) is 20.3 Å². The van der Waals surface area contributed by atoms with Gasteiger partial charge < -0.3 is 25.8 Å². The Morgan fingerprint density at radius 2 is 1.95 bits per heavy atom. The van der Waals surface area contributed by atoms with E-state index in [2.05, 4.69) is 44.1 Å². The van der Waals surface area contributed by atoms with E-state index < -0.39 is 0 Å². The number of aryl methyl sites for hydroxylation is 1. The van der Waals surface area contributed by atoms with Gasteiger partial charge in [0.05, 0.1) is 17.4 Å². The van der Waals surface area contributed by atoms with Crippen molar-refractivity contribution >= 4 is 22.4 Å². The smallest absolute Gasteiger partial charge is 0.228 e. The van der Waals surface area contributed by atoms with Gasteiger partial charge in [0.2, 0.25) is 11.8 Å². The third kappa shape index (κ3) is 5.42. The molecule has 1 aliphatic heterocycles. The molecule has 1 saturated heterocycles. The van der Waals surface area contributed by atoms with Crippen LogP contribution in [-0.2, 0) is 0 Å². The van der Waals surface area contributed by atoms with Gasteiger partial charge in [-0.3, -0.25) is 0 Å². The van der Waals surface area contributed by atoms with Gasteiger partial charge in [-0.15, -0.1) is 0 Å². The Morgan fingerprint density at radius 1 is 1.03 bits per heavy atom. The Bertz CT molecular complexity index is 1420. The van der Waals surface area contributed by atoms with Crippen LogP contribution in [0.3, 0.4) is 0 Å². The summed E-state index contributed by atoms with van der Waals surface area (Å²) in [6.07, 6.45) is 7.66. The van der Waals surface area contributed by atoms with Crippen LogP contribution in [0.15, 0.2) is 60.9 Å². The Hall–Kier alpha value is -3.75. The van der Waals surface area contributed by atoms with E-state index in [0.29, 0.717) is 30.3 Å². The average Bonchev–Trinajstić information content (AvgIpc) is 3.80. The number of benzene rings is 2. The summed E-state index contributed by atoms with van der Waals surface area (Å²) in [4.78, 5) is 13.8. The number of nitrogens with zero attached hydrogens (tertiary/aromatic N) is 3. The summed E-state index contributed by atoms with van der Waals surface area (Å²) in [5.41, 5.74) is 3.55. The number of rotatable bonds is 9. The summed E-state index contributed by atoms with van der Waals surface area (Å²) < 4.78 is 6.55. The van der Waals surface area contributed by atoms with Crippen LogP contribution in [-0.4, -0.2) is 51.8 Å². The van der Waals surface area contributed by atoms with Crippen molar-refractivity contribution in [3.8, 4) is 22.9 Å². The highest BCUT2D eigenvalue weighted by Crippen LogP contribution is 2.39. The molecule has 0 amide bonds. The van der Waals surface area contributed by atoms with Crippen LogP contribution in [0.5, 0.6) is 11.6 Å². The summed E-state index contributed by atoms with van der Waals surface area (Å²) in [7, 11) is 0. The molecule has 2 atom stereocenters. The molecule has 8 nitrogen and oxygen atoms in total. The summed E-state index contributed by atoms with van der Waals surface area (Å²) in [6.45, 7) is 4.55. The van der Waals surface area contributed by atoms with E-state index in [1.807, 2.05) is 37.3 Å².